The number of nitrogens with one attached hydrogen (secondary N) is 1. The number of hydrogen-bond donors (Lipinski definition) is 1. The van der Waals surface area contributed by atoms with Crippen LogP contribution in [0.2, 0.25) is 0 Å². The molecule has 1 unspecified atom stereocenters. The minimum atomic E-state index is -0.654. The van der Waals surface area contributed by atoms with Crippen molar-refractivity contribution >= 4 is 11.9 Å². The van der Waals surface area contributed by atoms with E-state index in [1.54, 1.807) is 24.3 Å². The molecule has 0 aromatic heterocycles. The van der Waals surface area contributed by atoms with Crippen LogP contribution in [0.4, 0.5) is 0 Å². The van der Waals surface area contributed by atoms with Crippen molar-refractivity contribution < 1.29 is 19.1 Å². The maximum absolute atomic E-state index is 12.1. The van der Waals surface area contributed by atoms with E-state index in [1.165, 1.54) is 7.11 Å². The third-order valence-electron chi connectivity index (χ3n) is 2.84. The predicted octanol–water partition coefficient (Wildman–Crippen LogP) is 2.01. The Morgan fingerprint density at radius 3 is 2.25 bits per heavy atom. The SMILES string of the molecule is CCOc1ccc(C(=O)NC(C(=O)OC)C(C)C)cc1. The van der Waals surface area contributed by atoms with Crippen LogP contribution >= 0.6 is 0 Å². The number of carbonyl (C=O) groups excluding carboxylic acids is 2. The average Bonchev–Trinajstić information content (AvgIpc) is 2.44. The Labute approximate surface area is 119 Å². The van der Waals surface area contributed by atoms with Gasteiger partial charge >= 0.3 is 5.97 Å². The quantitative estimate of drug-likeness (QED) is 0.809. The zero-order valence-electron chi connectivity index (χ0n) is 12.3. The number of esters is 1. The van der Waals surface area contributed by atoms with Crippen LogP contribution in [0.5, 0.6) is 5.75 Å². The molecule has 0 aliphatic carbocycles. The molecule has 0 aliphatic heterocycles. The van der Waals surface area contributed by atoms with Gasteiger partial charge in [-0.25, -0.2) is 4.79 Å². The molecule has 5 nitrogen and oxygen atoms in total. The van der Waals surface area contributed by atoms with E-state index in [0.717, 1.165) is 0 Å². The molecule has 1 amide bonds. The maximum Gasteiger partial charge on any atom is 0.328 e. The van der Waals surface area contributed by atoms with E-state index in [0.29, 0.717) is 17.9 Å². The van der Waals surface area contributed by atoms with Crippen molar-refractivity contribution in [1.82, 2.24) is 5.32 Å². The monoisotopic (exact) mass is 279 g/mol. The molecule has 1 atom stereocenters. The number of rotatable bonds is 6. The van der Waals surface area contributed by atoms with E-state index in [2.05, 4.69) is 10.1 Å². The predicted molar refractivity (Wildman–Crippen MR) is 75.7 cm³/mol. The molecule has 1 aromatic rings. The van der Waals surface area contributed by atoms with Gasteiger partial charge in [-0.1, -0.05) is 13.8 Å². The molecule has 1 rings (SSSR count). The van der Waals surface area contributed by atoms with Crippen LogP contribution in [-0.4, -0.2) is 31.6 Å². The second-order valence-electron chi connectivity index (χ2n) is 4.68. The summed E-state index contributed by atoms with van der Waals surface area (Å²) in [7, 11) is 1.31. The average molecular weight is 279 g/mol. The van der Waals surface area contributed by atoms with E-state index in [1.807, 2.05) is 20.8 Å². The highest BCUT2D eigenvalue weighted by Gasteiger charge is 2.25. The van der Waals surface area contributed by atoms with Crippen molar-refractivity contribution in [1.29, 1.82) is 0 Å². The van der Waals surface area contributed by atoms with Crippen molar-refractivity contribution in [2.45, 2.75) is 26.8 Å². The summed E-state index contributed by atoms with van der Waals surface area (Å²) in [6.07, 6.45) is 0. The van der Waals surface area contributed by atoms with Crippen LogP contribution in [0.1, 0.15) is 31.1 Å². The van der Waals surface area contributed by atoms with Crippen LogP contribution in [0, 0.1) is 5.92 Å². The molecule has 0 bridgehead atoms. The molecule has 0 saturated heterocycles. The topological polar surface area (TPSA) is 64.6 Å². The van der Waals surface area contributed by atoms with E-state index in [-0.39, 0.29) is 11.8 Å². The molecule has 0 fully saturated rings. The molecule has 1 N–H and O–H groups in total. The zero-order chi connectivity index (χ0) is 15.1. The lowest BCUT2D eigenvalue weighted by Gasteiger charge is -2.19. The standard InChI is InChI=1S/C15H21NO4/c1-5-20-12-8-6-11(7-9-12)14(17)16-13(10(2)3)15(18)19-4/h6-10,13H,5H2,1-4H3,(H,16,17). The molecule has 5 heteroatoms. The smallest absolute Gasteiger partial charge is 0.328 e. The summed E-state index contributed by atoms with van der Waals surface area (Å²) < 4.78 is 10.00. The Kier molecular flexibility index (Phi) is 6.03. The number of amides is 1. The first-order chi connectivity index (χ1) is 9.49. The fourth-order valence-electron chi connectivity index (χ4n) is 1.72. The second kappa shape index (κ2) is 7.53. The van der Waals surface area contributed by atoms with Crippen LogP contribution < -0.4 is 10.1 Å². The van der Waals surface area contributed by atoms with Gasteiger partial charge in [-0.3, -0.25) is 4.79 Å². The molecule has 0 spiro atoms. The molecule has 0 heterocycles. The van der Waals surface area contributed by atoms with Gasteiger partial charge in [-0.2, -0.15) is 0 Å². The van der Waals surface area contributed by atoms with Gasteiger partial charge < -0.3 is 14.8 Å². The third-order valence-corrected chi connectivity index (χ3v) is 2.84. The van der Waals surface area contributed by atoms with E-state index in [9.17, 15) is 9.59 Å². The normalized spacial score (nSPS) is 11.8. The Bertz CT molecular complexity index is 453. The maximum atomic E-state index is 12.1. The fraction of sp³-hybridized carbons (Fsp3) is 0.467. The highest BCUT2D eigenvalue weighted by molar-refractivity contribution is 5.96. The number of hydrogen-bond acceptors (Lipinski definition) is 4. The van der Waals surface area contributed by atoms with Crippen molar-refractivity contribution in [2.75, 3.05) is 13.7 Å². The fourth-order valence-corrected chi connectivity index (χ4v) is 1.72. The minimum Gasteiger partial charge on any atom is -0.494 e. The number of ether oxygens (including phenoxy) is 2. The molecular weight excluding hydrogens is 258 g/mol. The van der Waals surface area contributed by atoms with Gasteiger partial charge in [-0.15, -0.1) is 0 Å². The molecular formula is C15H21NO4. The zero-order valence-corrected chi connectivity index (χ0v) is 12.3. The van der Waals surface area contributed by atoms with Gasteiger partial charge in [0, 0.05) is 5.56 Å². The van der Waals surface area contributed by atoms with Gasteiger partial charge in [0.2, 0.25) is 0 Å². The Morgan fingerprint density at radius 2 is 1.80 bits per heavy atom. The molecule has 1 aromatic carbocycles. The largest absolute Gasteiger partial charge is 0.494 e. The van der Waals surface area contributed by atoms with Gasteiger partial charge in [-0.05, 0) is 37.1 Å². The Balaban J connectivity index is 2.76. The van der Waals surface area contributed by atoms with Gasteiger partial charge in [0.15, 0.2) is 0 Å². The number of methoxy groups -OCH3 is 1. The molecule has 0 saturated carbocycles. The summed E-state index contributed by atoms with van der Waals surface area (Å²) in [5.74, 6) is -0.0945. The van der Waals surface area contributed by atoms with Crippen LogP contribution in [0.15, 0.2) is 24.3 Å². The summed E-state index contributed by atoms with van der Waals surface area (Å²) in [5, 5.41) is 2.68. The summed E-state index contributed by atoms with van der Waals surface area (Å²) in [4.78, 5) is 23.7. The van der Waals surface area contributed by atoms with Crippen LogP contribution in [0.3, 0.4) is 0 Å². The lowest BCUT2D eigenvalue weighted by molar-refractivity contribution is -0.144. The van der Waals surface area contributed by atoms with Gasteiger partial charge in [0.25, 0.3) is 5.91 Å². The summed E-state index contributed by atoms with van der Waals surface area (Å²) in [6, 6.07) is 6.12. The highest BCUT2D eigenvalue weighted by atomic mass is 16.5. The minimum absolute atomic E-state index is 0.0471. The van der Waals surface area contributed by atoms with Crippen LogP contribution in [0.25, 0.3) is 0 Å². The first kappa shape index (κ1) is 16.0. The Morgan fingerprint density at radius 1 is 1.20 bits per heavy atom. The van der Waals surface area contributed by atoms with Gasteiger partial charge in [0.05, 0.1) is 13.7 Å². The van der Waals surface area contributed by atoms with Crippen molar-refractivity contribution in [3.05, 3.63) is 29.8 Å². The molecule has 20 heavy (non-hydrogen) atoms. The van der Waals surface area contributed by atoms with Crippen LogP contribution in [-0.2, 0) is 9.53 Å². The number of benzene rings is 1. The molecule has 0 aliphatic rings. The van der Waals surface area contributed by atoms with Gasteiger partial charge in [0.1, 0.15) is 11.8 Å². The molecule has 110 valence electrons. The van der Waals surface area contributed by atoms with Crippen molar-refractivity contribution in [2.24, 2.45) is 5.92 Å². The lowest BCUT2D eigenvalue weighted by atomic mass is 10.0. The van der Waals surface area contributed by atoms with E-state index in [4.69, 9.17) is 4.74 Å². The van der Waals surface area contributed by atoms with E-state index < -0.39 is 12.0 Å². The molecule has 0 radical (unpaired) electrons. The van der Waals surface area contributed by atoms with Crippen molar-refractivity contribution in [3.8, 4) is 5.75 Å². The third kappa shape index (κ3) is 4.26. The first-order valence-electron chi connectivity index (χ1n) is 6.61. The summed E-state index contributed by atoms with van der Waals surface area (Å²) >= 11 is 0. The summed E-state index contributed by atoms with van der Waals surface area (Å²) in [6.45, 7) is 6.16. The Hall–Kier alpha value is -2.04. The second-order valence-corrected chi connectivity index (χ2v) is 4.68. The van der Waals surface area contributed by atoms with E-state index >= 15 is 0 Å². The summed E-state index contributed by atoms with van der Waals surface area (Å²) in [5.41, 5.74) is 0.475. The first-order valence-corrected chi connectivity index (χ1v) is 6.61. The van der Waals surface area contributed by atoms with Crippen molar-refractivity contribution in [3.63, 3.8) is 0 Å². The number of carbonyl (C=O) groups is 2. The highest BCUT2D eigenvalue weighted by Crippen LogP contribution is 2.13. The lowest BCUT2D eigenvalue weighted by Crippen LogP contribution is -2.45.